The van der Waals surface area contributed by atoms with Crippen molar-refractivity contribution in [1.29, 1.82) is 0 Å². The first-order chi connectivity index (χ1) is 7.84. The molecule has 16 heavy (non-hydrogen) atoms. The Morgan fingerprint density at radius 1 is 1.06 bits per heavy atom. The molecule has 3 heterocycles. The highest BCUT2D eigenvalue weighted by Crippen LogP contribution is 2.21. The van der Waals surface area contributed by atoms with Crippen molar-refractivity contribution in [1.82, 2.24) is 14.4 Å². The van der Waals surface area contributed by atoms with Crippen LogP contribution in [-0.2, 0) is 0 Å². The average Bonchev–Trinajstić information content (AvgIpc) is 2.72. The Bertz CT molecular complexity index is 631. The molecule has 3 rings (SSSR count). The molecule has 0 aliphatic carbocycles. The van der Waals surface area contributed by atoms with Crippen molar-refractivity contribution in [2.75, 3.05) is 0 Å². The van der Waals surface area contributed by atoms with Crippen LogP contribution in [-0.4, -0.2) is 14.4 Å². The van der Waals surface area contributed by atoms with Crippen LogP contribution in [0, 0.1) is 0 Å². The Kier molecular flexibility index (Phi) is 2.22. The van der Waals surface area contributed by atoms with E-state index in [0.29, 0.717) is 0 Å². The van der Waals surface area contributed by atoms with Crippen LogP contribution < -0.4 is 0 Å². The van der Waals surface area contributed by atoms with Crippen molar-refractivity contribution in [3.63, 3.8) is 0 Å². The van der Waals surface area contributed by atoms with Gasteiger partial charge in [0, 0.05) is 18.6 Å². The second-order valence-corrected chi connectivity index (χ2v) is 4.27. The number of aromatic nitrogens is 3. The van der Waals surface area contributed by atoms with Gasteiger partial charge in [0.25, 0.3) is 0 Å². The number of fused-ring (bicyclic) bond motifs is 1. The summed E-state index contributed by atoms with van der Waals surface area (Å²) in [5.41, 5.74) is 3.23. The standard InChI is InChI=1S/C12H8BrN3/c13-11-8-15-12-7-10(3-6-16(11)12)9-1-4-14-5-2-9/h1-8H. The van der Waals surface area contributed by atoms with Crippen LogP contribution in [0.3, 0.4) is 0 Å². The number of halogens is 1. The molecule has 3 nitrogen and oxygen atoms in total. The Morgan fingerprint density at radius 2 is 1.88 bits per heavy atom. The maximum absolute atomic E-state index is 4.30. The van der Waals surface area contributed by atoms with E-state index < -0.39 is 0 Å². The molecule has 3 aromatic heterocycles. The number of pyridine rings is 2. The molecule has 0 aromatic carbocycles. The molecular weight excluding hydrogens is 266 g/mol. The average molecular weight is 274 g/mol. The van der Waals surface area contributed by atoms with E-state index in [1.54, 1.807) is 18.6 Å². The van der Waals surface area contributed by atoms with Crippen LogP contribution >= 0.6 is 15.9 Å². The normalized spacial score (nSPS) is 10.8. The smallest absolute Gasteiger partial charge is 0.138 e. The van der Waals surface area contributed by atoms with Gasteiger partial charge in [-0.3, -0.25) is 9.38 Å². The van der Waals surface area contributed by atoms with E-state index in [0.717, 1.165) is 21.4 Å². The van der Waals surface area contributed by atoms with Gasteiger partial charge in [-0.15, -0.1) is 0 Å². The SMILES string of the molecule is Brc1cnc2cc(-c3ccncc3)ccn12. The third kappa shape index (κ3) is 1.51. The topological polar surface area (TPSA) is 30.2 Å². The summed E-state index contributed by atoms with van der Waals surface area (Å²) >= 11 is 3.44. The largest absolute Gasteiger partial charge is 0.294 e. The molecule has 0 atom stereocenters. The summed E-state index contributed by atoms with van der Waals surface area (Å²) in [7, 11) is 0. The summed E-state index contributed by atoms with van der Waals surface area (Å²) in [6.45, 7) is 0. The molecule has 0 aliphatic heterocycles. The van der Waals surface area contributed by atoms with Gasteiger partial charge in [0.05, 0.1) is 6.20 Å². The fourth-order valence-corrected chi connectivity index (χ4v) is 2.08. The first kappa shape index (κ1) is 9.54. The maximum atomic E-state index is 4.30. The molecule has 0 saturated carbocycles. The molecule has 0 amide bonds. The first-order valence-corrected chi connectivity index (χ1v) is 5.67. The number of rotatable bonds is 1. The fraction of sp³-hybridized carbons (Fsp3) is 0. The first-order valence-electron chi connectivity index (χ1n) is 4.87. The Hall–Kier alpha value is -1.68. The quantitative estimate of drug-likeness (QED) is 0.682. The van der Waals surface area contributed by atoms with Crippen LogP contribution in [0.2, 0.25) is 0 Å². The third-order valence-corrected chi connectivity index (χ3v) is 3.07. The second kappa shape index (κ2) is 3.72. The van der Waals surface area contributed by atoms with Crippen LogP contribution in [0.4, 0.5) is 0 Å². The maximum Gasteiger partial charge on any atom is 0.138 e. The molecule has 0 unspecified atom stereocenters. The minimum absolute atomic E-state index is 0.932. The zero-order valence-corrected chi connectivity index (χ0v) is 9.92. The summed E-state index contributed by atoms with van der Waals surface area (Å²) in [5.74, 6) is 0. The highest BCUT2D eigenvalue weighted by atomic mass is 79.9. The zero-order chi connectivity index (χ0) is 11.0. The van der Waals surface area contributed by atoms with Gasteiger partial charge >= 0.3 is 0 Å². The molecule has 0 spiro atoms. The lowest BCUT2D eigenvalue weighted by Gasteiger charge is -2.02. The zero-order valence-electron chi connectivity index (χ0n) is 8.34. The van der Waals surface area contributed by atoms with Gasteiger partial charge in [-0.1, -0.05) is 0 Å². The van der Waals surface area contributed by atoms with Gasteiger partial charge in [0.15, 0.2) is 0 Å². The summed E-state index contributed by atoms with van der Waals surface area (Å²) in [6.07, 6.45) is 7.38. The van der Waals surface area contributed by atoms with E-state index in [4.69, 9.17) is 0 Å². The van der Waals surface area contributed by atoms with Crippen molar-refractivity contribution in [3.8, 4) is 11.1 Å². The minimum atomic E-state index is 0.932. The lowest BCUT2D eigenvalue weighted by molar-refractivity contribution is 1.15. The van der Waals surface area contributed by atoms with E-state index >= 15 is 0 Å². The predicted octanol–water partition coefficient (Wildman–Crippen LogP) is 3.16. The van der Waals surface area contributed by atoms with Gasteiger partial charge in [-0.05, 0) is 51.3 Å². The van der Waals surface area contributed by atoms with Crippen molar-refractivity contribution >= 4 is 21.6 Å². The second-order valence-electron chi connectivity index (χ2n) is 3.46. The van der Waals surface area contributed by atoms with Crippen molar-refractivity contribution in [2.45, 2.75) is 0 Å². The van der Waals surface area contributed by atoms with Crippen molar-refractivity contribution in [3.05, 3.63) is 53.7 Å². The lowest BCUT2D eigenvalue weighted by Crippen LogP contribution is -1.86. The molecule has 0 aliphatic rings. The van der Waals surface area contributed by atoms with E-state index in [-0.39, 0.29) is 0 Å². The Balaban J connectivity index is 2.19. The highest BCUT2D eigenvalue weighted by Gasteiger charge is 2.02. The van der Waals surface area contributed by atoms with Gasteiger partial charge in [-0.25, -0.2) is 4.98 Å². The molecule has 0 fully saturated rings. The summed E-state index contributed by atoms with van der Waals surface area (Å²) < 4.78 is 2.95. The summed E-state index contributed by atoms with van der Waals surface area (Å²) in [5, 5.41) is 0. The van der Waals surface area contributed by atoms with E-state index in [1.165, 1.54) is 0 Å². The van der Waals surface area contributed by atoms with Crippen LogP contribution in [0.15, 0.2) is 53.7 Å². The molecular formula is C12H8BrN3. The van der Waals surface area contributed by atoms with Crippen LogP contribution in [0.25, 0.3) is 16.8 Å². The summed E-state index contributed by atoms with van der Waals surface area (Å²) in [6, 6.07) is 8.10. The third-order valence-electron chi connectivity index (χ3n) is 2.48. The van der Waals surface area contributed by atoms with Crippen LogP contribution in [0.1, 0.15) is 0 Å². The summed E-state index contributed by atoms with van der Waals surface area (Å²) in [4.78, 5) is 8.31. The highest BCUT2D eigenvalue weighted by molar-refractivity contribution is 9.10. The van der Waals surface area contributed by atoms with E-state index in [9.17, 15) is 0 Å². The van der Waals surface area contributed by atoms with Gasteiger partial charge < -0.3 is 0 Å². The lowest BCUT2D eigenvalue weighted by atomic mass is 10.1. The number of imidazole rings is 1. The number of hydrogen-bond acceptors (Lipinski definition) is 2. The van der Waals surface area contributed by atoms with E-state index in [1.807, 2.05) is 22.7 Å². The molecule has 3 aromatic rings. The Labute approximate surface area is 101 Å². The predicted molar refractivity (Wildman–Crippen MR) is 66.1 cm³/mol. The van der Waals surface area contributed by atoms with Gasteiger partial charge in [-0.2, -0.15) is 0 Å². The van der Waals surface area contributed by atoms with Crippen molar-refractivity contribution < 1.29 is 0 Å². The van der Waals surface area contributed by atoms with E-state index in [2.05, 4.69) is 38.0 Å². The molecule has 0 N–H and O–H groups in total. The monoisotopic (exact) mass is 273 g/mol. The minimum Gasteiger partial charge on any atom is -0.294 e. The fourth-order valence-electron chi connectivity index (χ4n) is 1.67. The Morgan fingerprint density at radius 3 is 2.69 bits per heavy atom. The van der Waals surface area contributed by atoms with Crippen molar-refractivity contribution in [2.24, 2.45) is 0 Å². The molecule has 78 valence electrons. The molecule has 0 saturated heterocycles. The van der Waals surface area contributed by atoms with Gasteiger partial charge in [0.1, 0.15) is 10.3 Å². The molecule has 4 heteroatoms. The number of nitrogens with zero attached hydrogens (tertiary/aromatic N) is 3. The van der Waals surface area contributed by atoms with Gasteiger partial charge in [0.2, 0.25) is 0 Å². The van der Waals surface area contributed by atoms with Crippen LogP contribution in [0.5, 0.6) is 0 Å². The molecule has 0 bridgehead atoms. The molecule has 0 radical (unpaired) electrons. The number of hydrogen-bond donors (Lipinski definition) is 0.